The first-order valence-corrected chi connectivity index (χ1v) is 13.8. The van der Waals surface area contributed by atoms with Crippen LogP contribution in [0.1, 0.15) is 41.7 Å². The maximum Gasteiger partial charge on any atom is 0.349 e. The molecule has 0 fully saturated rings. The molecule has 0 bridgehead atoms. The average Bonchev–Trinajstić information content (AvgIpc) is 3.75. The number of amides is 1. The number of fused-ring (bicyclic) bond motifs is 1. The maximum atomic E-state index is 13.7. The molecule has 196 valence electrons. The van der Waals surface area contributed by atoms with Crippen molar-refractivity contribution in [3.05, 3.63) is 104 Å². The summed E-state index contributed by atoms with van der Waals surface area (Å²) < 4.78 is 9.19. The van der Waals surface area contributed by atoms with Crippen molar-refractivity contribution in [1.29, 1.82) is 0 Å². The third kappa shape index (κ3) is 4.79. The molecule has 5 aromatic rings. The standard InChI is InChI=1S/C28H23BrN6O3S/c1-17-8-9-20(27(36)34-13-21-24(15-34)39-26(25(21)29)28(37)38-2)23(10-17)35-12-19(31-32-35)11-33-14-22(30-16-33)18-6-4-3-5-7-18/h3-10,12,14,16H,11,13,15H2,1-2H3. The first-order valence-electron chi connectivity index (χ1n) is 12.2. The molecular formula is C28H23BrN6O3S. The molecule has 9 nitrogen and oxygen atoms in total. The first-order chi connectivity index (χ1) is 18.9. The highest BCUT2D eigenvalue weighted by Crippen LogP contribution is 2.40. The smallest absolute Gasteiger partial charge is 0.349 e. The number of halogens is 1. The van der Waals surface area contributed by atoms with Gasteiger partial charge in [-0.05, 0) is 40.5 Å². The predicted octanol–water partition coefficient (Wildman–Crippen LogP) is 5.25. The number of hydrogen-bond acceptors (Lipinski definition) is 7. The van der Waals surface area contributed by atoms with E-state index in [1.54, 1.807) is 15.9 Å². The largest absolute Gasteiger partial charge is 0.465 e. The number of aromatic nitrogens is 5. The van der Waals surface area contributed by atoms with Crippen molar-refractivity contribution in [2.45, 2.75) is 26.6 Å². The molecule has 0 aliphatic carbocycles. The minimum Gasteiger partial charge on any atom is -0.465 e. The van der Waals surface area contributed by atoms with E-state index in [0.717, 1.165) is 33.0 Å². The Morgan fingerprint density at radius 2 is 1.92 bits per heavy atom. The Hall–Kier alpha value is -4.09. The molecule has 1 aliphatic heterocycles. The van der Waals surface area contributed by atoms with Crippen molar-refractivity contribution in [2.24, 2.45) is 0 Å². The van der Waals surface area contributed by atoms with E-state index < -0.39 is 0 Å². The number of hydrogen-bond donors (Lipinski definition) is 0. The van der Waals surface area contributed by atoms with Gasteiger partial charge in [-0.3, -0.25) is 4.79 Å². The summed E-state index contributed by atoms with van der Waals surface area (Å²) in [6.07, 6.45) is 5.60. The second-order valence-electron chi connectivity index (χ2n) is 9.27. The van der Waals surface area contributed by atoms with Gasteiger partial charge >= 0.3 is 5.97 Å². The van der Waals surface area contributed by atoms with Gasteiger partial charge in [-0.25, -0.2) is 14.5 Å². The van der Waals surface area contributed by atoms with E-state index in [4.69, 9.17) is 4.74 Å². The maximum absolute atomic E-state index is 13.7. The molecule has 3 aromatic heterocycles. The lowest BCUT2D eigenvalue weighted by atomic mass is 10.1. The quantitative estimate of drug-likeness (QED) is 0.246. The molecule has 2 aromatic carbocycles. The Bertz CT molecular complexity index is 1710. The minimum absolute atomic E-state index is 0.112. The summed E-state index contributed by atoms with van der Waals surface area (Å²) in [5.74, 6) is -0.493. The molecule has 39 heavy (non-hydrogen) atoms. The lowest BCUT2D eigenvalue weighted by molar-refractivity contribution is 0.0605. The fourth-order valence-electron chi connectivity index (χ4n) is 4.62. The van der Waals surface area contributed by atoms with Crippen LogP contribution in [0.5, 0.6) is 0 Å². The van der Waals surface area contributed by atoms with Gasteiger partial charge < -0.3 is 14.2 Å². The zero-order chi connectivity index (χ0) is 27.1. The van der Waals surface area contributed by atoms with Crippen molar-refractivity contribution < 1.29 is 14.3 Å². The summed E-state index contributed by atoms with van der Waals surface area (Å²) in [5, 5.41) is 8.71. The van der Waals surface area contributed by atoms with Gasteiger partial charge in [0, 0.05) is 33.2 Å². The molecule has 1 amide bonds. The molecule has 0 N–H and O–H groups in total. The van der Waals surface area contributed by atoms with Crippen LogP contribution in [0.25, 0.3) is 16.9 Å². The molecule has 0 spiro atoms. The van der Waals surface area contributed by atoms with Crippen LogP contribution >= 0.6 is 27.3 Å². The van der Waals surface area contributed by atoms with Crippen LogP contribution in [0.2, 0.25) is 0 Å². The molecule has 0 unspecified atom stereocenters. The van der Waals surface area contributed by atoms with Gasteiger partial charge in [-0.1, -0.05) is 41.6 Å². The highest BCUT2D eigenvalue weighted by atomic mass is 79.9. The SMILES string of the molecule is COC(=O)c1sc2c(c1Br)CN(C(=O)c1ccc(C)cc1-n1cc(Cn3cnc(-c4ccccc4)c3)nn1)C2. The number of esters is 1. The summed E-state index contributed by atoms with van der Waals surface area (Å²) in [6, 6.07) is 15.7. The molecule has 0 saturated heterocycles. The number of carbonyl (C=O) groups excluding carboxylic acids is 2. The Morgan fingerprint density at radius 3 is 2.69 bits per heavy atom. The zero-order valence-electron chi connectivity index (χ0n) is 21.2. The van der Waals surface area contributed by atoms with E-state index in [0.29, 0.717) is 40.2 Å². The summed E-state index contributed by atoms with van der Waals surface area (Å²) >= 11 is 4.88. The molecule has 11 heteroatoms. The number of benzene rings is 2. The number of ether oxygens (including phenoxy) is 1. The average molecular weight is 604 g/mol. The molecule has 6 rings (SSSR count). The Balaban J connectivity index is 1.23. The number of rotatable bonds is 6. The Kier molecular flexibility index (Phi) is 6.61. The number of imidazole rings is 1. The van der Waals surface area contributed by atoms with E-state index in [2.05, 4.69) is 31.2 Å². The van der Waals surface area contributed by atoms with Crippen LogP contribution in [0.3, 0.4) is 0 Å². The minimum atomic E-state index is -0.381. The van der Waals surface area contributed by atoms with Crippen LogP contribution in [0, 0.1) is 6.92 Å². The Labute approximate surface area is 236 Å². The van der Waals surface area contributed by atoms with Crippen molar-refractivity contribution >= 4 is 39.1 Å². The molecular weight excluding hydrogens is 580 g/mol. The first kappa shape index (κ1) is 25.2. The highest BCUT2D eigenvalue weighted by molar-refractivity contribution is 9.10. The number of methoxy groups -OCH3 is 1. The summed E-state index contributed by atoms with van der Waals surface area (Å²) in [5.41, 5.74) is 5.83. The molecule has 0 atom stereocenters. The topological polar surface area (TPSA) is 95.1 Å². The monoisotopic (exact) mass is 602 g/mol. The number of thiophene rings is 1. The number of aryl methyl sites for hydroxylation is 1. The second kappa shape index (κ2) is 10.2. The summed E-state index contributed by atoms with van der Waals surface area (Å²) in [7, 11) is 1.36. The van der Waals surface area contributed by atoms with Crippen LogP contribution in [-0.2, 0) is 24.4 Å². The van der Waals surface area contributed by atoms with Crippen molar-refractivity contribution in [3.8, 4) is 16.9 Å². The fourth-order valence-corrected chi connectivity index (χ4v) is 6.66. The molecule has 4 heterocycles. The molecule has 0 radical (unpaired) electrons. The lowest BCUT2D eigenvalue weighted by Crippen LogP contribution is -2.27. The fraction of sp³-hybridized carbons (Fsp3) is 0.179. The van der Waals surface area contributed by atoms with E-state index in [1.807, 2.05) is 72.4 Å². The van der Waals surface area contributed by atoms with Crippen molar-refractivity contribution in [1.82, 2.24) is 29.4 Å². The third-order valence-corrected chi connectivity index (χ3v) is 8.92. The lowest BCUT2D eigenvalue weighted by Gasteiger charge is -2.18. The van der Waals surface area contributed by atoms with E-state index >= 15 is 0 Å². The highest BCUT2D eigenvalue weighted by Gasteiger charge is 2.32. The van der Waals surface area contributed by atoms with E-state index in [-0.39, 0.29) is 11.9 Å². The zero-order valence-corrected chi connectivity index (χ0v) is 23.6. The van der Waals surface area contributed by atoms with Crippen molar-refractivity contribution in [3.63, 3.8) is 0 Å². The van der Waals surface area contributed by atoms with Crippen molar-refractivity contribution in [2.75, 3.05) is 7.11 Å². The van der Waals surface area contributed by atoms with Crippen LogP contribution in [0.15, 0.2) is 71.7 Å². The molecule has 0 saturated carbocycles. The van der Waals surface area contributed by atoms with Crippen LogP contribution in [-0.4, -0.2) is 48.4 Å². The van der Waals surface area contributed by atoms with E-state index in [9.17, 15) is 9.59 Å². The second-order valence-corrected chi connectivity index (χ2v) is 11.2. The third-order valence-electron chi connectivity index (χ3n) is 6.59. The van der Waals surface area contributed by atoms with Gasteiger partial charge in [-0.2, -0.15) is 0 Å². The van der Waals surface area contributed by atoms with Gasteiger partial charge in [0.1, 0.15) is 10.6 Å². The summed E-state index contributed by atoms with van der Waals surface area (Å²) in [6.45, 7) is 3.31. The molecule has 1 aliphatic rings. The number of nitrogens with zero attached hydrogens (tertiary/aromatic N) is 6. The van der Waals surface area contributed by atoms with Gasteiger partial charge in [0.25, 0.3) is 5.91 Å². The predicted molar refractivity (Wildman–Crippen MR) is 150 cm³/mol. The van der Waals surface area contributed by atoms with Gasteiger partial charge in [0.2, 0.25) is 0 Å². The van der Waals surface area contributed by atoms with Crippen LogP contribution < -0.4 is 0 Å². The normalized spacial score (nSPS) is 12.5. The van der Waals surface area contributed by atoms with Gasteiger partial charge in [-0.15, -0.1) is 16.4 Å². The Morgan fingerprint density at radius 1 is 1.10 bits per heavy atom. The van der Waals surface area contributed by atoms with Gasteiger partial charge in [0.15, 0.2) is 0 Å². The van der Waals surface area contributed by atoms with E-state index in [1.165, 1.54) is 18.4 Å². The van der Waals surface area contributed by atoms with Gasteiger partial charge in [0.05, 0.1) is 49.7 Å². The number of carbonyl (C=O) groups is 2. The summed E-state index contributed by atoms with van der Waals surface area (Å²) in [4.78, 5) is 33.5. The van der Waals surface area contributed by atoms with Crippen LogP contribution in [0.4, 0.5) is 0 Å².